The van der Waals surface area contributed by atoms with E-state index in [0.717, 1.165) is 28.8 Å². The largest absolute Gasteiger partial charge is 0.337 e. The average molecular weight is 322 g/mol. The molecular formula is C19H22N4O. The summed E-state index contributed by atoms with van der Waals surface area (Å²) in [5.74, 6) is 0.996. The maximum absolute atomic E-state index is 12.8. The van der Waals surface area contributed by atoms with Crippen LogP contribution in [0.1, 0.15) is 31.3 Å². The molecule has 124 valence electrons. The number of likely N-dealkylation sites (N-methyl/N-ethyl adjacent to an activating group) is 1. The fraction of sp³-hybridized carbons (Fsp3) is 0.316. The predicted molar refractivity (Wildman–Crippen MR) is 94.5 cm³/mol. The van der Waals surface area contributed by atoms with Crippen molar-refractivity contribution < 1.29 is 4.79 Å². The van der Waals surface area contributed by atoms with Gasteiger partial charge in [0.05, 0.1) is 17.1 Å². The van der Waals surface area contributed by atoms with Crippen molar-refractivity contribution >= 4 is 16.9 Å². The molecule has 5 heteroatoms. The molecule has 3 aromatic rings. The van der Waals surface area contributed by atoms with Gasteiger partial charge in [0, 0.05) is 25.9 Å². The van der Waals surface area contributed by atoms with E-state index in [1.54, 1.807) is 17.3 Å². The van der Waals surface area contributed by atoms with Crippen LogP contribution >= 0.6 is 0 Å². The molecule has 0 saturated carbocycles. The summed E-state index contributed by atoms with van der Waals surface area (Å²) in [4.78, 5) is 23.3. The van der Waals surface area contributed by atoms with Crippen LogP contribution < -0.4 is 0 Å². The van der Waals surface area contributed by atoms with Gasteiger partial charge in [0.1, 0.15) is 12.4 Å². The molecule has 0 N–H and O–H groups in total. The molecule has 5 nitrogen and oxygen atoms in total. The van der Waals surface area contributed by atoms with Crippen LogP contribution in [0.2, 0.25) is 0 Å². The van der Waals surface area contributed by atoms with Crippen molar-refractivity contribution in [1.82, 2.24) is 19.4 Å². The van der Waals surface area contributed by atoms with Gasteiger partial charge in [-0.3, -0.25) is 9.78 Å². The minimum atomic E-state index is -0.0222. The van der Waals surface area contributed by atoms with Crippen LogP contribution in [0.3, 0.4) is 0 Å². The molecule has 0 aliphatic rings. The van der Waals surface area contributed by atoms with Crippen molar-refractivity contribution in [3.05, 3.63) is 60.2 Å². The highest BCUT2D eigenvalue weighted by Gasteiger charge is 2.20. The zero-order chi connectivity index (χ0) is 17.1. The molecule has 0 aliphatic heterocycles. The monoisotopic (exact) mass is 322 g/mol. The van der Waals surface area contributed by atoms with E-state index in [1.165, 1.54) is 0 Å². The third-order valence-electron chi connectivity index (χ3n) is 4.48. The Balaban J connectivity index is 1.84. The number of fused-ring (bicyclic) bond motifs is 1. The molecule has 0 saturated heterocycles. The highest BCUT2D eigenvalue weighted by Crippen LogP contribution is 2.20. The summed E-state index contributed by atoms with van der Waals surface area (Å²) < 4.78 is 2.02. The Hall–Kier alpha value is -2.69. The van der Waals surface area contributed by atoms with Crippen LogP contribution in [0.15, 0.2) is 48.8 Å². The smallest absolute Gasteiger partial charge is 0.242 e. The first kappa shape index (κ1) is 16.2. The third kappa shape index (κ3) is 3.02. The molecule has 0 bridgehead atoms. The molecule has 1 amide bonds. The molecule has 3 rings (SSSR count). The summed E-state index contributed by atoms with van der Waals surface area (Å²) in [5.41, 5.74) is 2.97. The fourth-order valence-corrected chi connectivity index (χ4v) is 2.88. The molecule has 0 radical (unpaired) electrons. The van der Waals surface area contributed by atoms with Gasteiger partial charge < -0.3 is 9.47 Å². The number of aryl methyl sites for hydroxylation is 1. The Morgan fingerprint density at radius 3 is 2.75 bits per heavy atom. The van der Waals surface area contributed by atoms with Crippen LogP contribution in [0.25, 0.3) is 11.0 Å². The fourth-order valence-electron chi connectivity index (χ4n) is 2.88. The molecule has 1 aromatic carbocycles. The molecule has 0 aliphatic carbocycles. The second-order valence-electron chi connectivity index (χ2n) is 5.92. The van der Waals surface area contributed by atoms with E-state index in [2.05, 4.69) is 16.9 Å². The lowest BCUT2D eigenvalue weighted by Gasteiger charge is -2.25. The number of aromatic nitrogens is 3. The molecule has 2 aromatic heterocycles. The van der Waals surface area contributed by atoms with Gasteiger partial charge in [-0.1, -0.05) is 25.1 Å². The maximum Gasteiger partial charge on any atom is 0.242 e. The second-order valence-corrected chi connectivity index (χ2v) is 5.92. The van der Waals surface area contributed by atoms with Gasteiger partial charge in [-0.2, -0.15) is 0 Å². The van der Waals surface area contributed by atoms with Crippen LogP contribution in [-0.4, -0.2) is 32.4 Å². The van der Waals surface area contributed by atoms with Crippen molar-refractivity contribution in [3.8, 4) is 0 Å². The van der Waals surface area contributed by atoms with Gasteiger partial charge in [0.15, 0.2) is 0 Å². The maximum atomic E-state index is 12.8. The Kier molecular flexibility index (Phi) is 4.60. The van der Waals surface area contributed by atoms with Crippen LogP contribution in [0.5, 0.6) is 0 Å². The summed E-state index contributed by atoms with van der Waals surface area (Å²) in [6.07, 6.45) is 4.34. The minimum absolute atomic E-state index is 0.0222. The highest BCUT2D eigenvalue weighted by molar-refractivity contribution is 5.81. The highest BCUT2D eigenvalue weighted by atomic mass is 16.2. The molecule has 0 fully saturated rings. The quantitative estimate of drug-likeness (QED) is 0.725. The number of imidazole rings is 1. The zero-order valence-electron chi connectivity index (χ0n) is 14.3. The second kappa shape index (κ2) is 6.83. The normalized spacial score (nSPS) is 12.3. The molecule has 1 unspecified atom stereocenters. The SMILES string of the molecule is CCc1nc2ccccc2n1CC(=O)N(C)C(C)c1cccnc1. The standard InChI is InChI=1S/C19H22N4O/c1-4-18-21-16-9-5-6-10-17(16)23(18)13-19(24)22(3)14(2)15-8-7-11-20-12-15/h5-12,14H,4,13H2,1-3H3. The van der Waals surface area contributed by atoms with Gasteiger partial charge in [-0.05, 0) is 30.7 Å². The Labute approximate surface area is 142 Å². The number of rotatable bonds is 5. The van der Waals surface area contributed by atoms with Crippen LogP contribution in [-0.2, 0) is 17.8 Å². The van der Waals surface area contributed by atoms with E-state index >= 15 is 0 Å². The van der Waals surface area contributed by atoms with Crippen molar-refractivity contribution in [2.45, 2.75) is 32.9 Å². The lowest BCUT2D eigenvalue weighted by atomic mass is 10.1. The summed E-state index contributed by atoms with van der Waals surface area (Å²) in [6, 6.07) is 11.8. The molecule has 24 heavy (non-hydrogen) atoms. The Bertz CT molecular complexity index is 841. The van der Waals surface area contributed by atoms with Gasteiger partial charge in [-0.15, -0.1) is 0 Å². The summed E-state index contributed by atoms with van der Waals surface area (Å²) >= 11 is 0. The molecular weight excluding hydrogens is 300 g/mol. The van der Waals surface area contributed by atoms with E-state index in [0.29, 0.717) is 6.54 Å². The lowest BCUT2D eigenvalue weighted by Crippen LogP contribution is -2.33. The number of hydrogen-bond acceptors (Lipinski definition) is 3. The van der Waals surface area contributed by atoms with Crippen LogP contribution in [0.4, 0.5) is 0 Å². The van der Waals surface area contributed by atoms with Crippen molar-refractivity contribution in [2.24, 2.45) is 0 Å². The minimum Gasteiger partial charge on any atom is -0.337 e. The van der Waals surface area contributed by atoms with Gasteiger partial charge in [-0.25, -0.2) is 4.98 Å². The lowest BCUT2D eigenvalue weighted by molar-refractivity contribution is -0.132. The third-order valence-corrected chi connectivity index (χ3v) is 4.48. The average Bonchev–Trinajstić information content (AvgIpc) is 2.99. The van der Waals surface area contributed by atoms with Gasteiger partial charge >= 0.3 is 0 Å². The van der Waals surface area contributed by atoms with Gasteiger partial charge in [0.2, 0.25) is 5.91 Å². The van der Waals surface area contributed by atoms with Crippen molar-refractivity contribution in [2.75, 3.05) is 7.05 Å². The number of benzene rings is 1. The Morgan fingerprint density at radius 1 is 1.25 bits per heavy atom. The summed E-state index contributed by atoms with van der Waals surface area (Å²) in [6.45, 7) is 4.37. The van der Waals surface area contributed by atoms with E-state index in [1.807, 2.05) is 54.9 Å². The Morgan fingerprint density at radius 2 is 2.04 bits per heavy atom. The molecule has 0 spiro atoms. The number of carbonyl (C=O) groups excluding carboxylic acids is 1. The number of amides is 1. The zero-order valence-corrected chi connectivity index (χ0v) is 14.3. The van der Waals surface area contributed by atoms with E-state index in [-0.39, 0.29) is 11.9 Å². The molecule has 1 atom stereocenters. The number of nitrogens with zero attached hydrogens (tertiary/aromatic N) is 4. The first-order valence-corrected chi connectivity index (χ1v) is 8.21. The van der Waals surface area contributed by atoms with Crippen molar-refractivity contribution in [3.63, 3.8) is 0 Å². The van der Waals surface area contributed by atoms with Crippen molar-refractivity contribution in [1.29, 1.82) is 0 Å². The number of carbonyl (C=O) groups is 1. The molecule has 2 heterocycles. The van der Waals surface area contributed by atoms with E-state index < -0.39 is 0 Å². The van der Waals surface area contributed by atoms with E-state index in [4.69, 9.17) is 0 Å². The topological polar surface area (TPSA) is 51.0 Å². The first-order chi connectivity index (χ1) is 11.6. The number of para-hydroxylation sites is 2. The first-order valence-electron chi connectivity index (χ1n) is 8.21. The number of pyridine rings is 1. The van der Waals surface area contributed by atoms with E-state index in [9.17, 15) is 4.79 Å². The number of hydrogen-bond donors (Lipinski definition) is 0. The van der Waals surface area contributed by atoms with Gasteiger partial charge in [0.25, 0.3) is 0 Å². The predicted octanol–water partition coefficient (Wildman–Crippen LogP) is 3.21. The summed E-state index contributed by atoms with van der Waals surface area (Å²) in [7, 11) is 1.84. The van der Waals surface area contributed by atoms with Crippen LogP contribution in [0, 0.1) is 0 Å². The summed E-state index contributed by atoms with van der Waals surface area (Å²) in [5, 5.41) is 0.